The fraction of sp³-hybridized carbons (Fsp3) is 0.733. The average molecular weight is 296 g/mol. The summed E-state index contributed by atoms with van der Waals surface area (Å²) in [5.41, 5.74) is -1.41. The van der Waals surface area contributed by atoms with Crippen LogP contribution in [-0.2, 0) is 9.59 Å². The molecule has 2 saturated carbocycles. The van der Waals surface area contributed by atoms with E-state index in [0.29, 0.717) is 19.3 Å². The molecule has 6 atom stereocenters. The lowest BCUT2D eigenvalue weighted by atomic mass is 9.65. The predicted octanol–water partition coefficient (Wildman–Crippen LogP) is 0.488. The summed E-state index contributed by atoms with van der Waals surface area (Å²) in [5, 5.41) is 39.3. The Bertz CT molecular complexity index is 540. The van der Waals surface area contributed by atoms with E-state index in [4.69, 9.17) is 0 Å². The molecule has 0 aliphatic heterocycles. The number of carboxylic acid groups (broad SMARTS) is 2. The van der Waals surface area contributed by atoms with Gasteiger partial charge in [0.25, 0.3) is 0 Å². The molecule has 3 rings (SSSR count). The molecule has 0 aromatic rings. The number of aliphatic hydroxyl groups is 2. The van der Waals surface area contributed by atoms with Crippen LogP contribution in [0, 0.1) is 28.6 Å². The van der Waals surface area contributed by atoms with E-state index in [1.807, 2.05) is 6.92 Å². The second-order valence-corrected chi connectivity index (χ2v) is 6.93. The zero-order valence-electron chi connectivity index (χ0n) is 11.8. The monoisotopic (exact) mass is 296 g/mol. The molecular formula is C15H20O6. The fourth-order valence-electron chi connectivity index (χ4n) is 5.41. The second kappa shape index (κ2) is 4.30. The highest BCUT2D eigenvalue weighted by Gasteiger charge is 2.71. The van der Waals surface area contributed by atoms with Gasteiger partial charge in [0, 0.05) is 23.0 Å². The lowest BCUT2D eigenvalue weighted by molar-refractivity contribution is -0.150. The average Bonchev–Trinajstić information content (AvgIpc) is 2.89. The van der Waals surface area contributed by atoms with E-state index in [-0.39, 0.29) is 18.1 Å². The first-order chi connectivity index (χ1) is 9.79. The standard InChI is InChI=1S/C15H20O6/c1-14(6-16)9-5-15(11(17)4-7(9)12(18)19)8(13(20)21)2-3-10(14)15/h4,8-11,16-17H,2-3,5-6H2,1H3,(H,18,19)(H,20,21)/t8-,9-,10+,11-,14+,15+/m0/s1. The van der Waals surface area contributed by atoms with Gasteiger partial charge in [0.15, 0.2) is 0 Å². The maximum absolute atomic E-state index is 11.6. The molecule has 2 bridgehead atoms. The Kier molecular flexibility index (Phi) is 2.98. The second-order valence-electron chi connectivity index (χ2n) is 6.93. The van der Waals surface area contributed by atoms with Gasteiger partial charge in [-0.05, 0) is 37.2 Å². The summed E-state index contributed by atoms with van der Waals surface area (Å²) < 4.78 is 0. The number of hydrogen-bond acceptors (Lipinski definition) is 4. The molecule has 1 spiro atoms. The third kappa shape index (κ3) is 1.54. The van der Waals surface area contributed by atoms with Crippen molar-refractivity contribution in [1.29, 1.82) is 0 Å². The van der Waals surface area contributed by atoms with Crippen LogP contribution >= 0.6 is 0 Å². The summed E-state index contributed by atoms with van der Waals surface area (Å²) in [6.45, 7) is 1.62. The molecule has 0 saturated heterocycles. The molecule has 116 valence electrons. The maximum atomic E-state index is 11.6. The smallest absolute Gasteiger partial charge is 0.331 e. The topological polar surface area (TPSA) is 115 Å². The summed E-state index contributed by atoms with van der Waals surface area (Å²) in [6, 6.07) is 0. The van der Waals surface area contributed by atoms with Crippen molar-refractivity contribution in [2.24, 2.45) is 28.6 Å². The molecule has 6 heteroatoms. The summed E-state index contributed by atoms with van der Waals surface area (Å²) in [7, 11) is 0. The molecule has 2 fully saturated rings. The number of aliphatic hydroxyl groups excluding tert-OH is 2. The van der Waals surface area contributed by atoms with E-state index >= 15 is 0 Å². The minimum Gasteiger partial charge on any atom is -0.481 e. The molecule has 6 nitrogen and oxygen atoms in total. The number of aliphatic carboxylic acids is 2. The van der Waals surface area contributed by atoms with E-state index < -0.39 is 40.7 Å². The van der Waals surface area contributed by atoms with Gasteiger partial charge in [0.05, 0.1) is 12.0 Å². The van der Waals surface area contributed by atoms with Crippen LogP contribution in [0.3, 0.4) is 0 Å². The third-order valence-corrected chi connectivity index (χ3v) is 6.34. The quantitative estimate of drug-likeness (QED) is 0.602. The van der Waals surface area contributed by atoms with Crippen molar-refractivity contribution in [3.05, 3.63) is 11.6 Å². The van der Waals surface area contributed by atoms with E-state index in [9.17, 15) is 30.0 Å². The zero-order chi connectivity index (χ0) is 15.6. The molecule has 0 aromatic carbocycles. The van der Waals surface area contributed by atoms with E-state index in [1.54, 1.807) is 0 Å². The molecule has 0 unspecified atom stereocenters. The van der Waals surface area contributed by atoms with Crippen LogP contribution in [-0.4, -0.2) is 45.1 Å². The van der Waals surface area contributed by atoms with Gasteiger partial charge in [-0.25, -0.2) is 4.79 Å². The van der Waals surface area contributed by atoms with E-state index in [0.717, 1.165) is 0 Å². The maximum Gasteiger partial charge on any atom is 0.331 e. The number of rotatable bonds is 3. The summed E-state index contributed by atoms with van der Waals surface area (Å²) in [6.07, 6.45) is 1.62. The van der Waals surface area contributed by atoms with Gasteiger partial charge in [-0.1, -0.05) is 6.92 Å². The first kappa shape index (κ1) is 14.5. The van der Waals surface area contributed by atoms with Crippen molar-refractivity contribution in [2.75, 3.05) is 6.61 Å². The van der Waals surface area contributed by atoms with Crippen LogP contribution in [0.15, 0.2) is 11.6 Å². The minimum atomic E-state index is -1.10. The first-order valence-corrected chi connectivity index (χ1v) is 7.25. The van der Waals surface area contributed by atoms with Crippen LogP contribution in [0.25, 0.3) is 0 Å². The van der Waals surface area contributed by atoms with Crippen LogP contribution in [0.2, 0.25) is 0 Å². The Morgan fingerprint density at radius 2 is 2.00 bits per heavy atom. The van der Waals surface area contributed by atoms with Gasteiger partial charge >= 0.3 is 11.9 Å². The highest BCUT2D eigenvalue weighted by atomic mass is 16.4. The molecule has 21 heavy (non-hydrogen) atoms. The largest absolute Gasteiger partial charge is 0.481 e. The van der Waals surface area contributed by atoms with Gasteiger partial charge in [0.1, 0.15) is 0 Å². The molecule has 0 radical (unpaired) electrons. The van der Waals surface area contributed by atoms with Crippen LogP contribution in [0.1, 0.15) is 26.2 Å². The van der Waals surface area contributed by atoms with Crippen LogP contribution < -0.4 is 0 Å². The van der Waals surface area contributed by atoms with Crippen molar-refractivity contribution in [3.63, 3.8) is 0 Å². The Labute approximate surface area is 122 Å². The third-order valence-electron chi connectivity index (χ3n) is 6.34. The Balaban J connectivity index is 2.17. The Morgan fingerprint density at radius 3 is 2.52 bits per heavy atom. The lowest BCUT2D eigenvalue weighted by Crippen LogP contribution is -2.45. The number of carbonyl (C=O) groups is 2. The van der Waals surface area contributed by atoms with E-state index in [2.05, 4.69) is 0 Å². The van der Waals surface area contributed by atoms with Crippen molar-refractivity contribution in [1.82, 2.24) is 0 Å². The summed E-state index contributed by atoms with van der Waals surface area (Å²) >= 11 is 0. The molecule has 3 aliphatic rings. The Hall–Kier alpha value is -1.40. The number of fused-ring (bicyclic) bond motifs is 1. The summed E-state index contributed by atoms with van der Waals surface area (Å²) in [4.78, 5) is 23.0. The molecular weight excluding hydrogens is 276 g/mol. The van der Waals surface area contributed by atoms with Crippen molar-refractivity contribution in [2.45, 2.75) is 32.3 Å². The highest BCUT2D eigenvalue weighted by molar-refractivity contribution is 5.88. The summed E-state index contributed by atoms with van der Waals surface area (Å²) in [5.74, 6) is -3.30. The SMILES string of the molecule is C[C@]1(CO)[C@H]2CC[C@@H](C(=O)O)[C@]23C[C@H]1C(C(=O)O)=C[C@@H]3O. The van der Waals surface area contributed by atoms with Crippen molar-refractivity contribution >= 4 is 11.9 Å². The van der Waals surface area contributed by atoms with Gasteiger partial charge in [-0.2, -0.15) is 0 Å². The molecule has 0 amide bonds. The van der Waals surface area contributed by atoms with Crippen LogP contribution in [0.5, 0.6) is 0 Å². The molecule has 0 aromatic heterocycles. The molecule has 3 aliphatic carbocycles. The Morgan fingerprint density at radius 1 is 1.33 bits per heavy atom. The fourth-order valence-corrected chi connectivity index (χ4v) is 5.41. The van der Waals surface area contributed by atoms with Gasteiger partial charge in [-0.3, -0.25) is 4.79 Å². The normalized spacial score (nSPS) is 47.9. The number of hydrogen-bond donors (Lipinski definition) is 4. The highest BCUT2D eigenvalue weighted by Crippen LogP contribution is 2.71. The van der Waals surface area contributed by atoms with E-state index in [1.165, 1.54) is 6.08 Å². The predicted molar refractivity (Wildman–Crippen MR) is 71.3 cm³/mol. The minimum absolute atomic E-state index is 0.114. The van der Waals surface area contributed by atoms with Gasteiger partial charge in [0.2, 0.25) is 0 Å². The first-order valence-electron chi connectivity index (χ1n) is 7.25. The zero-order valence-corrected chi connectivity index (χ0v) is 11.8. The lowest BCUT2D eigenvalue weighted by Gasteiger charge is -2.40. The van der Waals surface area contributed by atoms with Crippen molar-refractivity contribution in [3.8, 4) is 0 Å². The van der Waals surface area contributed by atoms with Gasteiger partial charge in [-0.15, -0.1) is 0 Å². The number of carboxylic acids is 2. The van der Waals surface area contributed by atoms with Crippen LogP contribution in [0.4, 0.5) is 0 Å². The van der Waals surface area contributed by atoms with Crippen molar-refractivity contribution < 1.29 is 30.0 Å². The van der Waals surface area contributed by atoms with Gasteiger partial charge < -0.3 is 20.4 Å². The molecule has 0 heterocycles. The molecule has 4 N–H and O–H groups in total.